The Morgan fingerprint density at radius 3 is 2.62 bits per heavy atom. The quantitative estimate of drug-likeness (QED) is 0.822. The third-order valence-electron chi connectivity index (χ3n) is 4.90. The van der Waals surface area contributed by atoms with Crippen LogP contribution in [0.5, 0.6) is 0 Å². The van der Waals surface area contributed by atoms with Crippen LogP contribution in [0.2, 0.25) is 0 Å². The second-order valence-corrected chi connectivity index (χ2v) is 7.96. The number of nitrogens with two attached hydrogens (primary N) is 1. The summed E-state index contributed by atoms with van der Waals surface area (Å²) < 4.78 is 1.09. The zero-order chi connectivity index (χ0) is 14.1. The topological polar surface area (TPSA) is 55.1 Å². The van der Waals surface area contributed by atoms with Gasteiger partial charge >= 0.3 is 0 Å². The molecule has 21 heavy (non-hydrogen) atoms. The number of halogens is 2. The van der Waals surface area contributed by atoms with Crippen molar-refractivity contribution in [3.63, 3.8) is 0 Å². The van der Waals surface area contributed by atoms with Gasteiger partial charge in [0.15, 0.2) is 0 Å². The molecule has 2 fully saturated rings. The minimum absolute atomic E-state index is 0. The molecule has 2 saturated carbocycles. The summed E-state index contributed by atoms with van der Waals surface area (Å²) in [7, 11) is 0. The number of amides is 1. The molecule has 3 rings (SSSR count). The number of hydrogen-bond donors (Lipinski definition) is 2. The summed E-state index contributed by atoms with van der Waals surface area (Å²) in [5.41, 5.74) is 6.28. The van der Waals surface area contributed by atoms with Crippen molar-refractivity contribution < 1.29 is 4.79 Å². The van der Waals surface area contributed by atoms with Gasteiger partial charge in [-0.25, -0.2) is 0 Å². The molecule has 6 heteroatoms. The van der Waals surface area contributed by atoms with E-state index in [4.69, 9.17) is 5.73 Å². The normalized spacial score (nSPS) is 31.3. The lowest BCUT2D eigenvalue weighted by molar-refractivity contribution is -0.128. The maximum Gasteiger partial charge on any atom is 0.223 e. The Morgan fingerprint density at radius 2 is 2.05 bits per heavy atom. The Bertz CT molecular complexity index is 482. The highest BCUT2D eigenvalue weighted by atomic mass is 79.9. The van der Waals surface area contributed by atoms with Gasteiger partial charge in [-0.05, 0) is 64.9 Å². The number of rotatable bonds is 3. The Hall–Kier alpha value is -0.100. The zero-order valence-electron chi connectivity index (χ0n) is 11.9. The monoisotopic (exact) mass is 392 g/mol. The standard InChI is InChI=1S/C15H21BrN2OS.ClH/c16-12-4-5-20-13(12)8-18-15(19)11-6-9-2-1-3-10(7-11)14(9)17;/h4-5,9-11,14H,1-3,6-8,17H2,(H,18,19);1H. The summed E-state index contributed by atoms with van der Waals surface area (Å²) in [5, 5.41) is 5.14. The van der Waals surface area contributed by atoms with Crippen molar-refractivity contribution in [2.24, 2.45) is 23.5 Å². The van der Waals surface area contributed by atoms with E-state index < -0.39 is 0 Å². The van der Waals surface area contributed by atoms with Gasteiger partial charge in [0.1, 0.15) is 0 Å². The van der Waals surface area contributed by atoms with Gasteiger partial charge in [-0.2, -0.15) is 0 Å². The molecule has 1 heterocycles. The first-order valence-corrected chi connectivity index (χ1v) is 9.07. The smallest absolute Gasteiger partial charge is 0.223 e. The van der Waals surface area contributed by atoms with Crippen molar-refractivity contribution in [3.8, 4) is 0 Å². The maximum atomic E-state index is 12.4. The molecule has 3 N–H and O–H groups in total. The van der Waals surface area contributed by atoms with Gasteiger partial charge in [0.2, 0.25) is 5.91 Å². The molecule has 2 atom stereocenters. The fraction of sp³-hybridized carbons (Fsp3) is 0.667. The highest BCUT2D eigenvalue weighted by Gasteiger charge is 2.40. The molecule has 2 aliphatic carbocycles. The van der Waals surface area contributed by atoms with Crippen molar-refractivity contribution >= 4 is 45.6 Å². The van der Waals surface area contributed by atoms with E-state index in [1.807, 2.05) is 11.4 Å². The highest BCUT2D eigenvalue weighted by Crippen LogP contribution is 2.41. The van der Waals surface area contributed by atoms with Gasteiger partial charge < -0.3 is 11.1 Å². The van der Waals surface area contributed by atoms with Crippen molar-refractivity contribution in [2.45, 2.75) is 44.7 Å². The SMILES string of the molecule is Cl.NC1C2CCCC1CC(C(=O)NCc1sccc1Br)C2. The summed E-state index contributed by atoms with van der Waals surface area (Å²) in [6.07, 6.45) is 5.67. The molecule has 0 aromatic carbocycles. The van der Waals surface area contributed by atoms with E-state index in [9.17, 15) is 4.79 Å². The third-order valence-corrected chi connectivity index (χ3v) is 6.82. The minimum atomic E-state index is 0. The van der Waals surface area contributed by atoms with Gasteiger partial charge in [-0.3, -0.25) is 4.79 Å². The van der Waals surface area contributed by atoms with E-state index >= 15 is 0 Å². The number of nitrogens with one attached hydrogen (secondary N) is 1. The lowest BCUT2D eigenvalue weighted by Gasteiger charge is -2.43. The highest BCUT2D eigenvalue weighted by molar-refractivity contribution is 9.10. The molecule has 0 aliphatic heterocycles. The lowest BCUT2D eigenvalue weighted by Crippen LogP contribution is -2.49. The van der Waals surface area contributed by atoms with Crippen molar-refractivity contribution in [2.75, 3.05) is 0 Å². The molecule has 0 saturated heterocycles. The summed E-state index contributed by atoms with van der Waals surface area (Å²) in [6, 6.07) is 2.36. The molecule has 1 aromatic rings. The molecule has 2 aliphatic rings. The van der Waals surface area contributed by atoms with Crippen LogP contribution in [0.1, 0.15) is 37.0 Å². The number of thiophene rings is 1. The Kier molecular flexibility index (Phi) is 6.12. The molecular weight excluding hydrogens is 372 g/mol. The summed E-state index contributed by atoms with van der Waals surface area (Å²) in [5.74, 6) is 1.51. The van der Waals surface area contributed by atoms with Crippen LogP contribution in [0.4, 0.5) is 0 Å². The second kappa shape index (κ2) is 7.44. The van der Waals surface area contributed by atoms with E-state index in [1.54, 1.807) is 11.3 Å². The van der Waals surface area contributed by atoms with Crippen LogP contribution in [0, 0.1) is 17.8 Å². The summed E-state index contributed by atoms with van der Waals surface area (Å²) >= 11 is 5.18. The predicted molar refractivity (Wildman–Crippen MR) is 92.6 cm³/mol. The number of hydrogen-bond acceptors (Lipinski definition) is 3. The molecule has 3 nitrogen and oxygen atoms in total. The number of fused-ring (bicyclic) bond motifs is 2. The average Bonchev–Trinajstić information content (AvgIpc) is 2.81. The molecule has 2 bridgehead atoms. The Morgan fingerprint density at radius 1 is 1.38 bits per heavy atom. The average molecular weight is 394 g/mol. The van der Waals surface area contributed by atoms with Gasteiger partial charge in [-0.1, -0.05) is 6.42 Å². The van der Waals surface area contributed by atoms with Crippen LogP contribution in [-0.2, 0) is 11.3 Å². The van der Waals surface area contributed by atoms with Gasteiger partial charge in [0.25, 0.3) is 0 Å². The van der Waals surface area contributed by atoms with Crippen LogP contribution in [0.15, 0.2) is 15.9 Å². The van der Waals surface area contributed by atoms with Crippen molar-refractivity contribution in [3.05, 3.63) is 20.8 Å². The number of carbonyl (C=O) groups excluding carboxylic acids is 1. The molecule has 0 spiro atoms. The first kappa shape index (κ1) is 17.3. The second-order valence-electron chi connectivity index (χ2n) is 6.11. The molecule has 0 radical (unpaired) electrons. The lowest BCUT2D eigenvalue weighted by atomic mass is 9.65. The van der Waals surface area contributed by atoms with E-state index in [0.717, 1.165) is 17.3 Å². The minimum Gasteiger partial charge on any atom is -0.351 e. The Balaban J connectivity index is 0.00000161. The van der Waals surface area contributed by atoms with E-state index in [0.29, 0.717) is 24.4 Å². The number of carbonyl (C=O) groups is 1. The van der Waals surface area contributed by atoms with Gasteiger partial charge in [-0.15, -0.1) is 23.7 Å². The van der Waals surface area contributed by atoms with Crippen LogP contribution < -0.4 is 11.1 Å². The predicted octanol–water partition coefficient (Wildman–Crippen LogP) is 3.70. The van der Waals surface area contributed by atoms with Crippen LogP contribution in [-0.4, -0.2) is 11.9 Å². The van der Waals surface area contributed by atoms with E-state index in [2.05, 4.69) is 21.2 Å². The van der Waals surface area contributed by atoms with Crippen LogP contribution in [0.25, 0.3) is 0 Å². The first-order chi connectivity index (χ1) is 9.65. The largest absolute Gasteiger partial charge is 0.351 e. The van der Waals surface area contributed by atoms with Crippen molar-refractivity contribution in [1.82, 2.24) is 5.32 Å². The fourth-order valence-corrected chi connectivity index (χ4v) is 5.20. The Labute approximate surface area is 144 Å². The summed E-state index contributed by atoms with van der Waals surface area (Å²) in [4.78, 5) is 13.6. The van der Waals surface area contributed by atoms with Crippen LogP contribution in [0.3, 0.4) is 0 Å². The molecule has 118 valence electrons. The molecule has 2 unspecified atom stereocenters. The van der Waals surface area contributed by atoms with Gasteiger partial charge in [0, 0.05) is 21.3 Å². The van der Waals surface area contributed by atoms with Crippen LogP contribution >= 0.6 is 39.7 Å². The maximum absolute atomic E-state index is 12.4. The fourth-order valence-electron chi connectivity index (χ4n) is 3.77. The first-order valence-electron chi connectivity index (χ1n) is 7.40. The third kappa shape index (κ3) is 3.81. The van der Waals surface area contributed by atoms with E-state index in [1.165, 1.54) is 24.1 Å². The van der Waals surface area contributed by atoms with Crippen molar-refractivity contribution in [1.29, 1.82) is 0 Å². The van der Waals surface area contributed by atoms with Gasteiger partial charge in [0.05, 0.1) is 6.54 Å². The zero-order valence-corrected chi connectivity index (χ0v) is 15.1. The molecular formula is C15H22BrClN2OS. The molecule has 1 aromatic heterocycles. The van der Waals surface area contributed by atoms with E-state index in [-0.39, 0.29) is 24.2 Å². The molecule has 1 amide bonds. The summed E-state index contributed by atoms with van der Waals surface area (Å²) in [6.45, 7) is 0.634.